The van der Waals surface area contributed by atoms with Gasteiger partial charge in [0.25, 0.3) is 11.7 Å². The highest BCUT2D eigenvalue weighted by Crippen LogP contribution is 2.44. The molecule has 1 aliphatic rings. The molecule has 8 heteroatoms. The summed E-state index contributed by atoms with van der Waals surface area (Å²) < 4.78 is 38.8. The number of carbonyl (C=O) groups is 2. The van der Waals surface area contributed by atoms with Crippen molar-refractivity contribution in [1.82, 2.24) is 0 Å². The summed E-state index contributed by atoms with van der Waals surface area (Å²) in [5.74, 6) is -3.77. The number of rotatable bonds is 4. The lowest BCUT2D eigenvalue weighted by Gasteiger charge is -2.24. The van der Waals surface area contributed by atoms with Crippen LogP contribution in [0.5, 0.6) is 5.75 Å². The van der Waals surface area contributed by atoms with Gasteiger partial charge in [0.15, 0.2) is 11.6 Å². The highest BCUT2D eigenvalue weighted by Gasteiger charge is 2.49. The first-order chi connectivity index (χ1) is 16.4. The summed E-state index contributed by atoms with van der Waals surface area (Å²) in [4.78, 5) is 27.4. The molecule has 2 heterocycles. The van der Waals surface area contributed by atoms with E-state index in [0.717, 1.165) is 22.6 Å². The van der Waals surface area contributed by atoms with Crippen LogP contribution in [0.15, 0.2) is 58.5 Å². The van der Waals surface area contributed by atoms with Crippen molar-refractivity contribution in [3.63, 3.8) is 0 Å². The van der Waals surface area contributed by atoms with Gasteiger partial charge in [0, 0.05) is 11.8 Å². The molecular weight excluding hydrogens is 456 g/mol. The van der Waals surface area contributed by atoms with Crippen molar-refractivity contribution >= 4 is 23.1 Å². The predicted molar refractivity (Wildman–Crippen MR) is 126 cm³/mol. The Morgan fingerprint density at radius 2 is 1.74 bits per heavy atom. The van der Waals surface area contributed by atoms with Crippen LogP contribution < -0.4 is 9.64 Å². The molecule has 1 amide bonds. The van der Waals surface area contributed by atoms with Crippen LogP contribution in [0.3, 0.4) is 0 Å². The molecule has 35 heavy (non-hydrogen) atoms. The molecule has 1 saturated heterocycles. The molecule has 1 aliphatic heterocycles. The summed E-state index contributed by atoms with van der Waals surface area (Å²) in [6.45, 7) is 7.66. The van der Waals surface area contributed by atoms with Crippen LogP contribution in [-0.2, 0) is 15.0 Å². The van der Waals surface area contributed by atoms with Crippen LogP contribution in [-0.4, -0.2) is 23.9 Å². The van der Waals surface area contributed by atoms with Crippen LogP contribution in [0.2, 0.25) is 0 Å². The number of nitrogens with zero attached hydrogens (tertiary/aromatic N) is 1. The third kappa shape index (κ3) is 4.20. The van der Waals surface area contributed by atoms with E-state index in [1.807, 2.05) is 26.8 Å². The molecule has 0 spiro atoms. The maximum atomic E-state index is 14.1. The highest BCUT2D eigenvalue weighted by molar-refractivity contribution is 6.51. The fraction of sp³-hybridized carbons (Fsp3) is 0.259. The smallest absolute Gasteiger partial charge is 0.300 e. The lowest BCUT2D eigenvalue weighted by molar-refractivity contribution is -0.132. The summed E-state index contributed by atoms with van der Waals surface area (Å²) in [7, 11) is 1.43. The fourth-order valence-corrected chi connectivity index (χ4v) is 4.11. The molecule has 0 saturated carbocycles. The van der Waals surface area contributed by atoms with Gasteiger partial charge in [-0.3, -0.25) is 14.5 Å². The second-order valence-corrected chi connectivity index (χ2v) is 9.38. The van der Waals surface area contributed by atoms with E-state index in [0.29, 0.717) is 11.5 Å². The molecular formula is C27H25F2NO5. The summed E-state index contributed by atoms with van der Waals surface area (Å²) in [5, 5.41) is 11.4. The molecule has 1 unspecified atom stereocenters. The number of aryl methyl sites for hydroxylation is 1. The number of amides is 1. The van der Waals surface area contributed by atoms with Gasteiger partial charge in [-0.15, -0.1) is 0 Å². The largest absolute Gasteiger partial charge is 0.507 e. The van der Waals surface area contributed by atoms with Gasteiger partial charge in [-0.25, -0.2) is 8.78 Å². The third-order valence-electron chi connectivity index (χ3n) is 5.98. The molecule has 1 fully saturated rings. The summed E-state index contributed by atoms with van der Waals surface area (Å²) >= 11 is 0. The molecule has 1 N–H and O–H groups in total. The van der Waals surface area contributed by atoms with E-state index in [9.17, 15) is 23.5 Å². The second-order valence-electron chi connectivity index (χ2n) is 9.38. The molecule has 2 aromatic carbocycles. The number of furan rings is 1. The van der Waals surface area contributed by atoms with Crippen molar-refractivity contribution < 1.29 is 32.6 Å². The van der Waals surface area contributed by atoms with E-state index in [4.69, 9.17) is 9.15 Å². The maximum absolute atomic E-state index is 14.1. The van der Waals surface area contributed by atoms with E-state index >= 15 is 0 Å². The zero-order chi connectivity index (χ0) is 25.7. The van der Waals surface area contributed by atoms with E-state index in [1.165, 1.54) is 13.2 Å². The van der Waals surface area contributed by atoms with Gasteiger partial charge < -0.3 is 14.3 Å². The van der Waals surface area contributed by atoms with E-state index in [2.05, 4.69) is 0 Å². The number of methoxy groups -OCH3 is 1. The molecule has 0 bridgehead atoms. The predicted octanol–water partition coefficient (Wildman–Crippen LogP) is 5.80. The van der Waals surface area contributed by atoms with Gasteiger partial charge >= 0.3 is 0 Å². The number of benzene rings is 2. The highest BCUT2D eigenvalue weighted by atomic mass is 19.2. The van der Waals surface area contributed by atoms with Crippen molar-refractivity contribution in [2.45, 2.75) is 39.2 Å². The van der Waals surface area contributed by atoms with Crippen LogP contribution in [0.4, 0.5) is 14.5 Å². The van der Waals surface area contributed by atoms with Crippen LogP contribution >= 0.6 is 0 Å². The summed E-state index contributed by atoms with van der Waals surface area (Å²) in [6.07, 6.45) is 0. The number of ketones is 1. The molecule has 3 aromatic rings. The van der Waals surface area contributed by atoms with Gasteiger partial charge in [-0.05, 0) is 54.3 Å². The first-order valence-corrected chi connectivity index (χ1v) is 10.9. The minimum absolute atomic E-state index is 0.0560. The lowest BCUT2D eigenvalue weighted by atomic mass is 9.85. The number of aliphatic hydroxyl groups is 1. The SMILES string of the molecule is COc1ccc(C(C)(C)C)cc1/C(O)=C1\C(=O)C(=O)N(c2ccc(F)c(F)c2)C1c1ccc(C)o1. The molecule has 0 aliphatic carbocycles. The number of aliphatic hydroxyl groups excluding tert-OH is 1. The quantitative estimate of drug-likeness (QED) is 0.290. The van der Waals surface area contributed by atoms with Crippen molar-refractivity contribution in [1.29, 1.82) is 0 Å². The Hall–Kier alpha value is -3.94. The summed E-state index contributed by atoms with van der Waals surface area (Å²) in [6, 6.07) is 10.1. The van der Waals surface area contributed by atoms with Gasteiger partial charge in [0.05, 0.1) is 18.2 Å². The van der Waals surface area contributed by atoms with Gasteiger partial charge in [-0.1, -0.05) is 26.8 Å². The van der Waals surface area contributed by atoms with Crippen LogP contribution in [0, 0.1) is 18.6 Å². The first-order valence-electron chi connectivity index (χ1n) is 10.9. The van der Waals surface area contributed by atoms with E-state index in [1.54, 1.807) is 31.2 Å². The Bertz CT molecular complexity index is 1370. The Kier molecular flexibility index (Phi) is 6.00. The zero-order valence-corrected chi connectivity index (χ0v) is 20.0. The van der Waals surface area contributed by atoms with Crippen molar-refractivity contribution in [3.05, 3.63) is 88.4 Å². The Labute approximate surface area is 201 Å². The first kappa shape index (κ1) is 24.2. The van der Waals surface area contributed by atoms with Crippen LogP contribution in [0.1, 0.15) is 49.5 Å². The molecule has 1 aromatic heterocycles. The molecule has 182 valence electrons. The number of hydrogen-bond acceptors (Lipinski definition) is 5. The number of halogens is 2. The average Bonchev–Trinajstić information content (AvgIpc) is 3.35. The van der Waals surface area contributed by atoms with E-state index < -0.39 is 35.1 Å². The molecule has 4 rings (SSSR count). The average molecular weight is 481 g/mol. The molecule has 0 radical (unpaired) electrons. The van der Waals surface area contributed by atoms with Gasteiger partial charge in [0.1, 0.15) is 29.1 Å². The standard InChI is InChI=1S/C27H25F2NO5/c1-14-6-10-21(35-14)23-22(24(31)17-12-15(27(2,3)4)7-11-20(17)34-5)25(32)26(33)30(23)16-8-9-18(28)19(29)13-16/h6-13,23,31H,1-5H3/b24-22+. The van der Waals surface area contributed by atoms with Crippen molar-refractivity contribution in [2.75, 3.05) is 12.0 Å². The Morgan fingerprint density at radius 3 is 2.31 bits per heavy atom. The third-order valence-corrected chi connectivity index (χ3v) is 5.98. The minimum atomic E-state index is -1.21. The van der Waals surface area contributed by atoms with Crippen molar-refractivity contribution in [2.24, 2.45) is 0 Å². The molecule has 1 atom stereocenters. The van der Waals surface area contributed by atoms with Gasteiger partial charge in [-0.2, -0.15) is 0 Å². The zero-order valence-electron chi connectivity index (χ0n) is 20.0. The minimum Gasteiger partial charge on any atom is -0.507 e. The lowest BCUT2D eigenvalue weighted by Crippen LogP contribution is -2.29. The monoisotopic (exact) mass is 481 g/mol. The molecule has 6 nitrogen and oxygen atoms in total. The number of ether oxygens (including phenoxy) is 1. The fourth-order valence-electron chi connectivity index (χ4n) is 4.11. The Balaban J connectivity index is 1.99. The number of carbonyl (C=O) groups excluding carboxylic acids is 2. The number of Topliss-reactive ketones (excluding diaryl/α,β-unsaturated/α-hetero) is 1. The van der Waals surface area contributed by atoms with Crippen molar-refractivity contribution in [3.8, 4) is 5.75 Å². The number of hydrogen-bond donors (Lipinski definition) is 1. The Morgan fingerprint density at radius 1 is 1.03 bits per heavy atom. The van der Waals surface area contributed by atoms with E-state index in [-0.39, 0.29) is 28.0 Å². The second kappa shape index (κ2) is 8.69. The number of anilines is 1. The van der Waals surface area contributed by atoms with Gasteiger partial charge in [0.2, 0.25) is 0 Å². The normalized spacial score (nSPS) is 17.8. The topological polar surface area (TPSA) is 80.0 Å². The summed E-state index contributed by atoms with van der Waals surface area (Å²) in [5.41, 5.74) is 0.492. The maximum Gasteiger partial charge on any atom is 0.300 e. The van der Waals surface area contributed by atoms with Crippen LogP contribution in [0.25, 0.3) is 5.76 Å².